The van der Waals surface area contributed by atoms with Crippen molar-refractivity contribution in [3.63, 3.8) is 0 Å². The SMILES string of the molecule is Cc1ccccc1N=C1SC(=Cc2cc(Br)ccc2OCC(=O)O)C(=O)N1c1ccccc1C. The second kappa shape index (κ2) is 10.3. The molecule has 1 fully saturated rings. The summed E-state index contributed by atoms with van der Waals surface area (Å²) in [5.41, 5.74) is 4.08. The maximum absolute atomic E-state index is 13.6. The van der Waals surface area contributed by atoms with Gasteiger partial charge in [-0.1, -0.05) is 52.3 Å². The minimum absolute atomic E-state index is 0.212. The number of halogens is 1. The molecule has 0 aliphatic carbocycles. The number of hydrogen-bond acceptors (Lipinski definition) is 5. The average molecular weight is 537 g/mol. The van der Waals surface area contributed by atoms with E-state index in [1.54, 1.807) is 29.2 Å². The number of thioether (sulfide) groups is 1. The first kappa shape index (κ1) is 23.8. The molecule has 4 rings (SSSR count). The molecule has 0 bridgehead atoms. The number of ether oxygens (including phenoxy) is 1. The predicted octanol–water partition coefficient (Wildman–Crippen LogP) is 6.34. The number of benzene rings is 3. The van der Waals surface area contributed by atoms with E-state index in [0.717, 1.165) is 27.0 Å². The van der Waals surface area contributed by atoms with Gasteiger partial charge in [0.05, 0.1) is 16.3 Å². The Bertz CT molecular complexity index is 1340. The zero-order valence-electron chi connectivity index (χ0n) is 18.5. The first-order valence-electron chi connectivity index (χ1n) is 10.4. The number of carbonyl (C=O) groups is 2. The van der Waals surface area contributed by atoms with Crippen LogP contribution in [0.15, 0.2) is 81.1 Å². The number of aryl methyl sites for hydroxylation is 2. The van der Waals surface area contributed by atoms with Crippen molar-refractivity contribution in [2.75, 3.05) is 11.5 Å². The number of nitrogens with zero attached hydrogens (tertiary/aromatic N) is 2. The fraction of sp³-hybridized carbons (Fsp3) is 0.115. The number of aliphatic carboxylic acids is 1. The van der Waals surface area contributed by atoms with Crippen LogP contribution in [0.1, 0.15) is 16.7 Å². The van der Waals surface area contributed by atoms with E-state index in [9.17, 15) is 9.59 Å². The third kappa shape index (κ3) is 5.24. The van der Waals surface area contributed by atoms with Gasteiger partial charge in [0.2, 0.25) is 0 Å². The number of hydrogen-bond donors (Lipinski definition) is 1. The molecule has 1 aliphatic rings. The summed E-state index contributed by atoms with van der Waals surface area (Å²) >= 11 is 4.70. The van der Waals surface area contributed by atoms with E-state index in [-0.39, 0.29) is 5.91 Å². The molecule has 172 valence electrons. The Kier molecular flexibility index (Phi) is 7.19. The summed E-state index contributed by atoms with van der Waals surface area (Å²) in [6.45, 7) is 3.45. The van der Waals surface area contributed by atoms with Crippen molar-refractivity contribution in [3.8, 4) is 5.75 Å². The van der Waals surface area contributed by atoms with E-state index in [1.807, 2.05) is 62.4 Å². The van der Waals surface area contributed by atoms with Gasteiger partial charge in [-0.15, -0.1) is 0 Å². The highest BCUT2D eigenvalue weighted by atomic mass is 79.9. The quantitative estimate of drug-likeness (QED) is 0.372. The Labute approximate surface area is 210 Å². The van der Waals surface area contributed by atoms with Crippen LogP contribution in [0.25, 0.3) is 6.08 Å². The molecular weight excluding hydrogens is 516 g/mol. The molecule has 1 aliphatic heterocycles. The van der Waals surface area contributed by atoms with Crippen molar-refractivity contribution < 1.29 is 19.4 Å². The number of amidine groups is 1. The second-order valence-electron chi connectivity index (χ2n) is 7.58. The van der Waals surface area contributed by atoms with Crippen molar-refractivity contribution in [1.82, 2.24) is 0 Å². The molecule has 8 heteroatoms. The van der Waals surface area contributed by atoms with E-state index < -0.39 is 12.6 Å². The van der Waals surface area contributed by atoms with Crippen LogP contribution in [-0.2, 0) is 9.59 Å². The summed E-state index contributed by atoms with van der Waals surface area (Å²) in [5, 5.41) is 9.54. The van der Waals surface area contributed by atoms with E-state index in [4.69, 9.17) is 14.8 Å². The van der Waals surface area contributed by atoms with Gasteiger partial charge >= 0.3 is 5.97 Å². The fourth-order valence-electron chi connectivity index (χ4n) is 3.41. The molecule has 0 radical (unpaired) electrons. The van der Waals surface area contributed by atoms with Crippen molar-refractivity contribution in [1.29, 1.82) is 0 Å². The highest BCUT2D eigenvalue weighted by molar-refractivity contribution is 9.10. The van der Waals surface area contributed by atoms with Gasteiger partial charge in [0.1, 0.15) is 5.75 Å². The standard InChI is InChI=1S/C26H21BrN2O4S/c1-16-7-3-5-9-20(16)28-26-29(21-10-6-4-8-17(21)2)25(32)23(34-26)14-18-13-19(27)11-12-22(18)33-15-24(30)31/h3-14H,15H2,1-2H3,(H,30,31). The molecule has 6 nitrogen and oxygen atoms in total. The number of aliphatic imine (C=N–C) groups is 1. The highest BCUT2D eigenvalue weighted by Gasteiger charge is 2.35. The van der Waals surface area contributed by atoms with Gasteiger partial charge in [0.25, 0.3) is 5.91 Å². The summed E-state index contributed by atoms with van der Waals surface area (Å²) in [4.78, 5) is 31.5. The molecular formula is C26H21BrN2O4S. The molecule has 1 heterocycles. The Hall–Kier alpha value is -3.36. The van der Waals surface area contributed by atoms with Crippen LogP contribution in [0.5, 0.6) is 5.75 Å². The van der Waals surface area contributed by atoms with Gasteiger partial charge in [-0.05, 0) is 73.1 Å². The Balaban J connectivity index is 1.80. The average Bonchev–Trinajstić information content (AvgIpc) is 3.09. The summed E-state index contributed by atoms with van der Waals surface area (Å²) in [6, 6.07) is 20.6. The predicted molar refractivity (Wildman–Crippen MR) is 140 cm³/mol. The lowest BCUT2D eigenvalue weighted by Crippen LogP contribution is -2.29. The highest BCUT2D eigenvalue weighted by Crippen LogP contribution is 2.40. The number of carbonyl (C=O) groups excluding carboxylic acids is 1. The Morgan fingerprint density at radius 3 is 2.50 bits per heavy atom. The Morgan fingerprint density at radius 2 is 1.79 bits per heavy atom. The van der Waals surface area contributed by atoms with Crippen LogP contribution in [0.3, 0.4) is 0 Å². The van der Waals surface area contributed by atoms with Crippen molar-refractivity contribution >= 4 is 62.2 Å². The minimum Gasteiger partial charge on any atom is -0.481 e. The smallest absolute Gasteiger partial charge is 0.341 e. The van der Waals surface area contributed by atoms with Gasteiger partial charge in [-0.2, -0.15) is 0 Å². The van der Waals surface area contributed by atoms with Crippen LogP contribution >= 0.6 is 27.7 Å². The zero-order chi connectivity index (χ0) is 24.2. The first-order valence-corrected chi connectivity index (χ1v) is 12.0. The number of rotatable bonds is 6. The number of carboxylic acid groups (broad SMARTS) is 1. The minimum atomic E-state index is -1.08. The largest absolute Gasteiger partial charge is 0.481 e. The molecule has 0 saturated carbocycles. The lowest BCUT2D eigenvalue weighted by Gasteiger charge is -2.18. The molecule has 0 atom stereocenters. The lowest BCUT2D eigenvalue weighted by molar-refractivity contribution is -0.139. The van der Waals surface area contributed by atoms with Gasteiger partial charge in [0.15, 0.2) is 11.8 Å². The maximum Gasteiger partial charge on any atom is 0.341 e. The molecule has 34 heavy (non-hydrogen) atoms. The molecule has 0 unspecified atom stereocenters. The summed E-state index contributed by atoms with van der Waals surface area (Å²) in [7, 11) is 0. The van der Waals surface area contributed by atoms with Gasteiger partial charge in [-0.3, -0.25) is 9.69 Å². The molecule has 1 amide bonds. The molecule has 1 N–H and O–H groups in total. The van der Waals surface area contributed by atoms with Crippen LogP contribution < -0.4 is 9.64 Å². The third-order valence-electron chi connectivity index (χ3n) is 5.10. The molecule has 3 aromatic carbocycles. The lowest BCUT2D eigenvalue weighted by atomic mass is 10.1. The number of para-hydroxylation sites is 2. The summed E-state index contributed by atoms with van der Waals surface area (Å²) in [6.07, 6.45) is 1.71. The van der Waals surface area contributed by atoms with Crippen LogP contribution in [0, 0.1) is 13.8 Å². The number of carboxylic acids is 1. The first-order chi connectivity index (χ1) is 16.3. The maximum atomic E-state index is 13.6. The monoisotopic (exact) mass is 536 g/mol. The molecule has 0 spiro atoms. The van der Waals surface area contributed by atoms with Gasteiger partial charge in [0, 0.05) is 10.0 Å². The molecule has 3 aromatic rings. The van der Waals surface area contributed by atoms with E-state index in [1.165, 1.54) is 11.8 Å². The summed E-state index contributed by atoms with van der Waals surface area (Å²) < 4.78 is 6.22. The third-order valence-corrected chi connectivity index (χ3v) is 6.57. The van der Waals surface area contributed by atoms with Crippen molar-refractivity contribution in [2.45, 2.75) is 13.8 Å². The fourth-order valence-corrected chi connectivity index (χ4v) is 4.77. The van der Waals surface area contributed by atoms with Gasteiger partial charge < -0.3 is 9.84 Å². The van der Waals surface area contributed by atoms with E-state index in [2.05, 4.69) is 15.9 Å². The molecule has 1 saturated heterocycles. The Morgan fingerprint density at radius 1 is 1.09 bits per heavy atom. The van der Waals surface area contributed by atoms with Gasteiger partial charge in [-0.25, -0.2) is 9.79 Å². The number of amides is 1. The molecule has 0 aromatic heterocycles. The normalized spacial score (nSPS) is 15.9. The van der Waals surface area contributed by atoms with Crippen LogP contribution in [0.4, 0.5) is 11.4 Å². The summed E-state index contributed by atoms with van der Waals surface area (Å²) in [5.74, 6) is -0.916. The van der Waals surface area contributed by atoms with Crippen LogP contribution in [-0.4, -0.2) is 28.8 Å². The zero-order valence-corrected chi connectivity index (χ0v) is 20.9. The van der Waals surface area contributed by atoms with Crippen LogP contribution in [0.2, 0.25) is 0 Å². The van der Waals surface area contributed by atoms with E-state index in [0.29, 0.717) is 21.4 Å². The number of anilines is 1. The topological polar surface area (TPSA) is 79.2 Å². The van der Waals surface area contributed by atoms with E-state index >= 15 is 0 Å². The van der Waals surface area contributed by atoms with Crippen molar-refractivity contribution in [2.24, 2.45) is 4.99 Å². The second-order valence-corrected chi connectivity index (χ2v) is 9.51. The van der Waals surface area contributed by atoms with Crippen molar-refractivity contribution in [3.05, 3.63) is 92.8 Å².